The zero-order valence-corrected chi connectivity index (χ0v) is 12.7. The number of H-pyrrole nitrogens is 1. The number of hydrogen-bond acceptors (Lipinski definition) is 4. The van der Waals surface area contributed by atoms with E-state index in [4.69, 9.17) is 11.6 Å². The summed E-state index contributed by atoms with van der Waals surface area (Å²) in [7, 11) is 0. The SMILES string of the molecule is Cc1cc(C(=O)N/N=C\c2cc(Cl)cc(Br)c2O)n[nH]1. The van der Waals surface area contributed by atoms with Crippen LogP contribution in [0.1, 0.15) is 21.7 Å². The minimum Gasteiger partial charge on any atom is -0.506 e. The zero-order chi connectivity index (χ0) is 14.7. The van der Waals surface area contributed by atoms with Crippen molar-refractivity contribution < 1.29 is 9.90 Å². The molecule has 0 spiro atoms. The van der Waals surface area contributed by atoms with Gasteiger partial charge in [0, 0.05) is 16.3 Å². The van der Waals surface area contributed by atoms with Gasteiger partial charge in [-0.15, -0.1) is 0 Å². The predicted octanol–water partition coefficient (Wildman–Crippen LogP) is 2.60. The molecule has 1 amide bonds. The fraction of sp³-hybridized carbons (Fsp3) is 0.0833. The summed E-state index contributed by atoms with van der Waals surface area (Å²) in [5.41, 5.74) is 3.69. The van der Waals surface area contributed by atoms with E-state index in [0.717, 1.165) is 5.69 Å². The molecular formula is C12H10BrClN4O2. The molecule has 6 nitrogen and oxygen atoms in total. The molecule has 1 heterocycles. The summed E-state index contributed by atoms with van der Waals surface area (Å²) in [6.45, 7) is 1.79. The Morgan fingerprint density at radius 3 is 2.95 bits per heavy atom. The first kappa shape index (κ1) is 14.5. The van der Waals surface area contributed by atoms with Gasteiger partial charge in [-0.2, -0.15) is 10.2 Å². The highest BCUT2D eigenvalue weighted by Gasteiger charge is 2.08. The Labute approximate surface area is 128 Å². The minimum absolute atomic E-state index is 0.0111. The number of amides is 1. The molecule has 0 aliphatic carbocycles. The number of aromatic hydroxyl groups is 1. The summed E-state index contributed by atoms with van der Waals surface area (Å²) in [6.07, 6.45) is 1.30. The molecular weight excluding hydrogens is 348 g/mol. The molecule has 1 aromatic carbocycles. The molecule has 8 heteroatoms. The summed E-state index contributed by atoms with van der Waals surface area (Å²) in [4.78, 5) is 11.7. The number of hydrazone groups is 1. The van der Waals surface area contributed by atoms with Crippen molar-refractivity contribution in [1.82, 2.24) is 15.6 Å². The largest absolute Gasteiger partial charge is 0.506 e. The van der Waals surface area contributed by atoms with E-state index in [1.165, 1.54) is 12.3 Å². The van der Waals surface area contributed by atoms with Gasteiger partial charge in [0.25, 0.3) is 5.91 Å². The van der Waals surface area contributed by atoms with Crippen molar-refractivity contribution in [3.8, 4) is 5.75 Å². The van der Waals surface area contributed by atoms with E-state index in [2.05, 4.69) is 36.7 Å². The number of hydrogen-bond donors (Lipinski definition) is 3. The second-order valence-corrected chi connectivity index (χ2v) is 5.25. The number of rotatable bonds is 3. The van der Waals surface area contributed by atoms with Crippen LogP contribution in [0.5, 0.6) is 5.75 Å². The van der Waals surface area contributed by atoms with Gasteiger partial charge in [0.05, 0.1) is 10.7 Å². The normalized spacial score (nSPS) is 10.9. The molecule has 2 aromatic rings. The Kier molecular flexibility index (Phi) is 4.41. The van der Waals surface area contributed by atoms with Crippen LogP contribution in [0.25, 0.3) is 0 Å². The minimum atomic E-state index is -0.453. The maximum atomic E-state index is 11.7. The van der Waals surface area contributed by atoms with Gasteiger partial charge in [0.2, 0.25) is 0 Å². The molecule has 0 unspecified atom stereocenters. The highest BCUT2D eigenvalue weighted by atomic mass is 79.9. The number of carbonyl (C=O) groups is 1. The summed E-state index contributed by atoms with van der Waals surface area (Å²) in [5, 5.41) is 20.4. The van der Waals surface area contributed by atoms with Crippen LogP contribution in [0.2, 0.25) is 5.02 Å². The van der Waals surface area contributed by atoms with Gasteiger partial charge in [-0.25, -0.2) is 5.43 Å². The van der Waals surface area contributed by atoms with Crippen molar-refractivity contribution in [1.29, 1.82) is 0 Å². The van der Waals surface area contributed by atoms with Gasteiger partial charge in [0.15, 0.2) is 5.69 Å². The molecule has 0 aliphatic heterocycles. The van der Waals surface area contributed by atoms with Crippen LogP contribution in [0.15, 0.2) is 27.8 Å². The zero-order valence-electron chi connectivity index (χ0n) is 10.3. The Bertz CT molecular complexity index is 684. The van der Waals surface area contributed by atoms with E-state index in [1.807, 2.05) is 0 Å². The Hall–Kier alpha value is -1.86. The summed E-state index contributed by atoms with van der Waals surface area (Å²) >= 11 is 9.02. The van der Waals surface area contributed by atoms with Crippen LogP contribution in [0, 0.1) is 6.92 Å². The van der Waals surface area contributed by atoms with Crippen molar-refractivity contribution in [2.75, 3.05) is 0 Å². The third-order valence-corrected chi connectivity index (χ3v) is 3.19. The monoisotopic (exact) mass is 356 g/mol. The lowest BCUT2D eigenvalue weighted by molar-refractivity contribution is 0.0950. The second kappa shape index (κ2) is 6.06. The highest BCUT2D eigenvalue weighted by Crippen LogP contribution is 2.30. The van der Waals surface area contributed by atoms with Gasteiger partial charge in [0.1, 0.15) is 5.75 Å². The van der Waals surface area contributed by atoms with E-state index in [9.17, 15) is 9.90 Å². The molecule has 0 aliphatic rings. The van der Waals surface area contributed by atoms with Crippen LogP contribution in [0.3, 0.4) is 0 Å². The molecule has 1 aromatic heterocycles. The van der Waals surface area contributed by atoms with Crippen molar-refractivity contribution in [2.45, 2.75) is 6.92 Å². The number of halogens is 2. The Balaban J connectivity index is 2.09. The number of nitrogens with zero attached hydrogens (tertiary/aromatic N) is 2. The summed E-state index contributed by atoms with van der Waals surface area (Å²) in [5.74, 6) is -0.464. The first-order valence-electron chi connectivity index (χ1n) is 5.51. The van der Waals surface area contributed by atoms with Crippen molar-refractivity contribution in [3.63, 3.8) is 0 Å². The molecule has 2 rings (SSSR count). The lowest BCUT2D eigenvalue weighted by Crippen LogP contribution is -2.18. The number of aromatic nitrogens is 2. The lowest BCUT2D eigenvalue weighted by Gasteiger charge is -2.02. The third kappa shape index (κ3) is 3.37. The third-order valence-electron chi connectivity index (χ3n) is 2.37. The second-order valence-electron chi connectivity index (χ2n) is 3.96. The quantitative estimate of drug-likeness (QED) is 0.582. The number of aryl methyl sites for hydroxylation is 1. The average molecular weight is 358 g/mol. The summed E-state index contributed by atoms with van der Waals surface area (Å²) < 4.78 is 0.445. The van der Waals surface area contributed by atoms with E-state index in [-0.39, 0.29) is 11.4 Å². The molecule has 0 bridgehead atoms. The fourth-order valence-corrected chi connectivity index (χ4v) is 2.27. The number of aromatic amines is 1. The molecule has 20 heavy (non-hydrogen) atoms. The topological polar surface area (TPSA) is 90.4 Å². The van der Waals surface area contributed by atoms with Crippen LogP contribution in [-0.4, -0.2) is 27.4 Å². The molecule has 0 saturated carbocycles. The average Bonchev–Trinajstić information content (AvgIpc) is 2.81. The van der Waals surface area contributed by atoms with E-state index in [0.29, 0.717) is 15.1 Å². The fourth-order valence-electron chi connectivity index (χ4n) is 1.44. The van der Waals surface area contributed by atoms with E-state index in [1.54, 1.807) is 19.1 Å². The lowest BCUT2D eigenvalue weighted by atomic mass is 10.2. The maximum Gasteiger partial charge on any atom is 0.291 e. The van der Waals surface area contributed by atoms with E-state index < -0.39 is 5.91 Å². The van der Waals surface area contributed by atoms with Crippen molar-refractivity contribution >= 4 is 39.7 Å². The number of benzene rings is 1. The Morgan fingerprint density at radius 1 is 1.55 bits per heavy atom. The van der Waals surface area contributed by atoms with Crippen LogP contribution >= 0.6 is 27.5 Å². The molecule has 0 atom stereocenters. The molecule has 0 saturated heterocycles. The molecule has 0 fully saturated rings. The van der Waals surface area contributed by atoms with Crippen LogP contribution in [-0.2, 0) is 0 Å². The van der Waals surface area contributed by atoms with E-state index >= 15 is 0 Å². The first-order chi connectivity index (χ1) is 9.47. The smallest absolute Gasteiger partial charge is 0.291 e. The van der Waals surface area contributed by atoms with Crippen LogP contribution in [0.4, 0.5) is 0 Å². The number of carbonyl (C=O) groups excluding carboxylic acids is 1. The van der Waals surface area contributed by atoms with Gasteiger partial charge in [-0.3, -0.25) is 9.89 Å². The van der Waals surface area contributed by atoms with Gasteiger partial charge in [-0.05, 0) is 41.1 Å². The first-order valence-corrected chi connectivity index (χ1v) is 6.68. The van der Waals surface area contributed by atoms with Gasteiger partial charge >= 0.3 is 0 Å². The highest BCUT2D eigenvalue weighted by molar-refractivity contribution is 9.10. The Morgan fingerprint density at radius 2 is 2.30 bits per heavy atom. The van der Waals surface area contributed by atoms with Gasteiger partial charge in [-0.1, -0.05) is 11.6 Å². The predicted molar refractivity (Wildman–Crippen MR) is 79.2 cm³/mol. The molecule has 3 N–H and O–H groups in total. The maximum absolute atomic E-state index is 11.7. The molecule has 0 radical (unpaired) electrons. The number of phenols is 1. The number of nitrogens with one attached hydrogen (secondary N) is 2. The van der Waals surface area contributed by atoms with Gasteiger partial charge < -0.3 is 5.11 Å². The van der Waals surface area contributed by atoms with Crippen molar-refractivity contribution in [2.24, 2.45) is 5.10 Å². The van der Waals surface area contributed by atoms with Crippen LogP contribution < -0.4 is 5.43 Å². The molecule has 104 valence electrons. The standard InChI is InChI=1S/C12H10BrClN4O2/c1-6-2-10(17-16-6)12(20)18-15-5-7-3-8(14)4-9(13)11(7)19/h2-5,19H,1H3,(H,16,17)(H,18,20)/b15-5-. The van der Waals surface area contributed by atoms with Crippen molar-refractivity contribution in [3.05, 3.63) is 44.6 Å². The number of phenolic OH excluding ortho intramolecular Hbond substituents is 1. The summed E-state index contributed by atoms with van der Waals surface area (Å²) in [6, 6.07) is 4.67.